The minimum atomic E-state index is 0.742. The van der Waals surface area contributed by atoms with Crippen LogP contribution in [-0.4, -0.2) is 7.11 Å². The molecule has 0 atom stereocenters. The maximum absolute atomic E-state index is 5.98. The van der Waals surface area contributed by atoms with Crippen molar-refractivity contribution >= 4 is 11.6 Å². The third kappa shape index (κ3) is 2.56. The third-order valence-corrected chi connectivity index (χ3v) is 2.71. The van der Waals surface area contributed by atoms with Crippen LogP contribution >= 0.6 is 11.6 Å². The zero-order valence-electron chi connectivity index (χ0n) is 9.11. The summed E-state index contributed by atoms with van der Waals surface area (Å²) in [6, 6.07) is 16.0. The molecule has 2 aromatic carbocycles. The maximum Gasteiger partial charge on any atom is 0.122 e. The highest BCUT2D eigenvalue weighted by atomic mass is 35.5. The molecule has 0 heterocycles. The average Bonchev–Trinajstić information content (AvgIpc) is 2.31. The number of rotatable bonds is 3. The van der Waals surface area contributed by atoms with Crippen molar-refractivity contribution < 1.29 is 4.74 Å². The number of hydrogen-bond acceptors (Lipinski definition) is 1. The minimum absolute atomic E-state index is 0.742. The first-order valence-corrected chi connectivity index (χ1v) is 5.54. The van der Waals surface area contributed by atoms with Crippen LogP contribution in [0.1, 0.15) is 11.1 Å². The summed E-state index contributed by atoms with van der Waals surface area (Å²) in [6.45, 7) is 0. The fourth-order valence-electron chi connectivity index (χ4n) is 1.70. The molecule has 0 radical (unpaired) electrons. The van der Waals surface area contributed by atoms with E-state index in [1.54, 1.807) is 7.11 Å². The number of methoxy groups -OCH3 is 1. The Balaban J connectivity index is 2.30. The van der Waals surface area contributed by atoms with Gasteiger partial charge in [0.2, 0.25) is 0 Å². The van der Waals surface area contributed by atoms with Crippen LogP contribution in [0.2, 0.25) is 5.02 Å². The zero-order chi connectivity index (χ0) is 11.4. The predicted molar refractivity (Wildman–Crippen MR) is 67.3 cm³/mol. The van der Waals surface area contributed by atoms with Gasteiger partial charge in [-0.2, -0.15) is 0 Å². The summed E-state index contributed by atoms with van der Waals surface area (Å²) in [5.41, 5.74) is 2.37. The summed E-state index contributed by atoms with van der Waals surface area (Å²) in [4.78, 5) is 0. The Labute approximate surface area is 101 Å². The van der Waals surface area contributed by atoms with Crippen molar-refractivity contribution in [1.82, 2.24) is 0 Å². The van der Waals surface area contributed by atoms with Gasteiger partial charge in [0.15, 0.2) is 0 Å². The maximum atomic E-state index is 5.98. The van der Waals surface area contributed by atoms with Crippen molar-refractivity contribution in [2.75, 3.05) is 7.11 Å². The Morgan fingerprint density at radius 1 is 1.06 bits per heavy atom. The fourth-order valence-corrected chi connectivity index (χ4v) is 1.90. The molecule has 0 bridgehead atoms. The van der Waals surface area contributed by atoms with Gasteiger partial charge in [0, 0.05) is 11.4 Å². The van der Waals surface area contributed by atoms with Crippen LogP contribution in [0.15, 0.2) is 48.5 Å². The van der Waals surface area contributed by atoms with E-state index in [1.165, 1.54) is 5.56 Å². The zero-order valence-corrected chi connectivity index (χ0v) is 9.87. The monoisotopic (exact) mass is 232 g/mol. The molecule has 0 spiro atoms. The quantitative estimate of drug-likeness (QED) is 0.779. The fraction of sp³-hybridized carbons (Fsp3) is 0.143. The van der Waals surface area contributed by atoms with Crippen molar-refractivity contribution in [2.24, 2.45) is 0 Å². The van der Waals surface area contributed by atoms with E-state index in [4.69, 9.17) is 16.3 Å². The second-order valence-corrected chi connectivity index (χ2v) is 4.05. The lowest BCUT2D eigenvalue weighted by molar-refractivity contribution is 0.410. The van der Waals surface area contributed by atoms with Gasteiger partial charge in [-0.05, 0) is 29.3 Å². The van der Waals surface area contributed by atoms with Crippen LogP contribution in [0.4, 0.5) is 0 Å². The van der Waals surface area contributed by atoms with E-state index in [2.05, 4.69) is 12.1 Å². The van der Waals surface area contributed by atoms with E-state index in [-0.39, 0.29) is 0 Å². The lowest BCUT2D eigenvalue weighted by Gasteiger charge is -2.08. The van der Waals surface area contributed by atoms with Crippen molar-refractivity contribution in [1.29, 1.82) is 0 Å². The topological polar surface area (TPSA) is 9.23 Å². The first-order valence-electron chi connectivity index (χ1n) is 5.16. The van der Waals surface area contributed by atoms with Gasteiger partial charge >= 0.3 is 0 Å². The van der Waals surface area contributed by atoms with Crippen LogP contribution in [0, 0.1) is 0 Å². The normalized spacial score (nSPS) is 10.1. The molecule has 2 heteroatoms. The smallest absolute Gasteiger partial charge is 0.122 e. The molecule has 0 saturated carbocycles. The van der Waals surface area contributed by atoms with Gasteiger partial charge < -0.3 is 4.74 Å². The molecule has 16 heavy (non-hydrogen) atoms. The van der Waals surface area contributed by atoms with Crippen molar-refractivity contribution in [2.45, 2.75) is 6.42 Å². The number of benzene rings is 2. The molecular weight excluding hydrogens is 220 g/mol. The van der Waals surface area contributed by atoms with E-state index in [0.29, 0.717) is 0 Å². The van der Waals surface area contributed by atoms with Gasteiger partial charge in [-0.25, -0.2) is 0 Å². The van der Waals surface area contributed by atoms with E-state index in [1.807, 2.05) is 36.4 Å². The first kappa shape index (κ1) is 11.0. The largest absolute Gasteiger partial charge is 0.496 e. The molecule has 1 nitrogen and oxygen atoms in total. The van der Waals surface area contributed by atoms with Crippen LogP contribution < -0.4 is 4.74 Å². The van der Waals surface area contributed by atoms with E-state index in [0.717, 1.165) is 22.8 Å². The van der Waals surface area contributed by atoms with Crippen LogP contribution in [-0.2, 0) is 6.42 Å². The molecule has 0 fully saturated rings. The molecule has 0 aliphatic heterocycles. The molecule has 0 saturated heterocycles. The van der Waals surface area contributed by atoms with Gasteiger partial charge in [0.25, 0.3) is 0 Å². The third-order valence-electron chi connectivity index (χ3n) is 2.48. The summed E-state index contributed by atoms with van der Waals surface area (Å²) in [5, 5.41) is 0.742. The molecular formula is C14H13ClO. The van der Waals surface area contributed by atoms with Crippen molar-refractivity contribution in [3.8, 4) is 5.75 Å². The second kappa shape index (κ2) is 5.04. The van der Waals surface area contributed by atoms with E-state index >= 15 is 0 Å². The molecule has 0 N–H and O–H groups in total. The summed E-state index contributed by atoms with van der Waals surface area (Å²) in [6.07, 6.45) is 0.838. The first-order chi connectivity index (χ1) is 7.79. The highest BCUT2D eigenvalue weighted by Crippen LogP contribution is 2.24. The molecule has 0 unspecified atom stereocenters. The molecule has 2 aromatic rings. The number of hydrogen-bond donors (Lipinski definition) is 0. The Bertz CT molecular complexity index is 465. The molecule has 0 amide bonds. The summed E-state index contributed by atoms with van der Waals surface area (Å²) >= 11 is 5.98. The van der Waals surface area contributed by atoms with Crippen LogP contribution in [0.3, 0.4) is 0 Å². The Kier molecular flexibility index (Phi) is 3.47. The number of halogens is 1. The van der Waals surface area contributed by atoms with E-state index in [9.17, 15) is 0 Å². The van der Waals surface area contributed by atoms with Gasteiger partial charge in [-0.15, -0.1) is 0 Å². The SMILES string of the molecule is COc1ccc(Cl)cc1Cc1ccccc1. The molecule has 0 aromatic heterocycles. The minimum Gasteiger partial charge on any atom is -0.496 e. The van der Waals surface area contributed by atoms with Gasteiger partial charge in [-0.1, -0.05) is 41.9 Å². The van der Waals surface area contributed by atoms with Gasteiger partial charge in [0.05, 0.1) is 7.11 Å². The van der Waals surface area contributed by atoms with Gasteiger partial charge in [0.1, 0.15) is 5.75 Å². The number of ether oxygens (including phenoxy) is 1. The molecule has 0 aliphatic carbocycles. The molecule has 2 rings (SSSR count). The Hall–Kier alpha value is -1.47. The average molecular weight is 233 g/mol. The molecule has 82 valence electrons. The Morgan fingerprint density at radius 2 is 1.81 bits per heavy atom. The standard InChI is InChI=1S/C14H13ClO/c1-16-14-8-7-13(15)10-12(14)9-11-5-3-2-4-6-11/h2-8,10H,9H2,1H3. The summed E-state index contributed by atoms with van der Waals surface area (Å²) < 4.78 is 5.31. The molecule has 0 aliphatic rings. The highest BCUT2D eigenvalue weighted by Gasteiger charge is 2.04. The summed E-state index contributed by atoms with van der Waals surface area (Å²) in [7, 11) is 1.68. The van der Waals surface area contributed by atoms with Gasteiger partial charge in [-0.3, -0.25) is 0 Å². The van der Waals surface area contributed by atoms with Crippen molar-refractivity contribution in [3.05, 3.63) is 64.7 Å². The lowest BCUT2D eigenvalue weighted by Crippen LogP contribution is -1.93. The summed E-state index contributed by atoms with van der Waals surface area (Å²) in [5.74, 6) is 0.883. The van der Waals surface area contributed by atoms with Crippen LogP contribution in [0.25, 0.3) is 0 Å². The second-order valence-electron chi connectivity index (χ2n) is 3.62. The Morgan fingerprint density at radius 3 is 2.50 bits per heavy atom. The lowest BCUT2D eigenvalue weighted by atomic mass is 10.0. The van der Waals surface area contributed by atoms with Crippen molar-refractivity contribution in [3.63, 3.8) is 0 Å². The predicted octanol–water partition coefficient (Wildman–Crippen LogP) is 3.94. The van der Waals surface area contributed by atoms with E-state index < -0.39 is 0 Å². The van der Waals surface area contributed by atoms with Crippen LogP contribution in [0.5, 0.6) is 5.75 Å². The highest BCUT2D eigenvalue weighted by molar-refractivity contribution is 6.30.